The molecule has 198 valence electrons. The highest BCUT2D eigenvalue weighted by Crippen LogP contribution is 2.27. The van der Waals surface area contributed by atoms with E-state index in [4.69, 9.17) is 14.7 Å². The molecule has 1 unspecified atom stereocenters. The Labute approximate surface area is 224 Å². The van der Waals surface area contributed by atoms with E-state index in [9.17, 15) is 14.4 Å². The van der Waals surface area contributed by atoms with E-state index in [1.54, 1.807) is 29.9 Å². The van der Waals surface area contributed by atoms with Crippen molar-refractivity contribution in [3.05, 3.63) is 102 Å². The number of pyridine rings is 1. The Hall–Kier alpha value is -4.96. The molecule has 0 radical (unpaired) electrons. The van der Waals surface area contributed by atoms with Gasteiger partial charge >= 0.3 is 6.09 Å². The van der Waals surface area contributed by atoms with Crippen LogP contribution in [0.5, 0.6) is 5.75 Å². The monoisotopic (exact) mass is 526 g/mol. The third-order valence-corrected chi connectivity index (χ3v) is 6.42. The molecule has 0 spiro atoms. The van der Waals surface area contributed by atoms with Crippen molar-refractivity contribution in [2.75, 3.05) is 11.9 Å². The van der Waals surface area contributed by atoms with Gasteiger partial charge in [0.2, 0.25) is 5.91 Å². The highest BCUT2D eigenvalue weighted by molar-refractivity contribution is 6.03. The minimum Gasteiger partial charge on any atom is -0.488 e. The number of hydrogen-bond acceptors (Lipinski definition) is 7. The van der Waals surface area contributed by atoms with Crippen molar-refractivity contribution in [2.24, 2.45) is 0 Å². The number of carbonyl (C=O) groups is 3. The van der Waals surface area contributed by atoms with Gasteiger partial charge in [-0.2, -0.15) is 0 Å². The Morgan fingerprint density at radius 2 is 1.72 bits per heavy atom. The number of aromatic nitrogens is 1. The second-order valence-corrected chi connectivity index (χ2v) is 9.02. The number of rotatable bonds is 7. The number of anilines is 1. The van der Waals surface area contributed by atoms with Gasteiger partial charge in [-0.05, 0) is 42.0 Å². The number of nitrogens with zero attached hydrogens (tertiary/aromatic N) is 2. The minimum atomic E-state index is -0.850. The first-order chi connectivity index (χ1) is 19.0. The first-order valence-electron chi connectivity index (χ1n) is 12.3. The predicted octanol–water partition coefficient (Wildman–Crippen LogP) is 4.15. The molecule has 3 aromatic carbocycles. The van der Waals surface area contributed by atoms with Gasteiger partial charge in [0.05, 0.1) is 17.7 Å². The molecule has 2 atom stereocenters. The SMILES string of the molecule is O=C(NO)c1ccc(OC2C[C@@H](C(=O)Nc3cccc4cccnc34)N(C(=O)OCc3ccccc3)C2)cc1. The molecule has 1 aliphatic rings. The first kappa shape index (κ1) is 25.7. The molecule has 0 bridgehead atoms. The van der Waals surface area contributed by atoms with E-state index < -0.39 is 24.1 Å². The lowest BCUT2D eigenvalue weighted by atomic mass is 10.1. The molecule has 4 aromatic rings. The Bertz CT molecular complexity index is 1470. The fourth-order valence-electron chi connectivity index (χ4n) is 4.50. The normalized spacial score (nSPS) is 16.5. The van der Waals surface area contributed by atoms with Crippen molar-refractivity contribution in [1.29, 1.82) is 0 Å². The van der Waals surface area contributed by atoms with Gasteiger partial charge in [-0.15, -0.1) is 0 Å². The van der Waals surface area contributed by atoms with Crippen molar-refractivity contribution in [1.82, 2.24) is 15.4 Å². The number of fused-ring (bicyclic) bond motifs is 1. The quantitative estimate of drug-likeness (QED) is 0.244. The number of amides is 3. The molecular formula is C29H26N4O6. The molecule has 1 aromatic heterocycles. The summed E-state index contributed by atoms with van der Waals surface area (Å²) < 4.78 is 11.6. The van der Waals surface area contributed by atoms with Crippen LogP contribution in [0.15, 0.2) is 91.1 Å². The van der Waals surface area contributed by atoms with Gasteiger partial charge in [0.25, 0.3) is 5.91 Å². The molecule has 3 N–H and O–H groups in total. The van der Waals surface area contributed by atoms with E-state index in [0.717, 1.165) is 10.9 Å². The molecule has 3 amide bonds. The molecule has 0 aliphatic carbocycles. The zero-order valence-corrected chi connectivity index (χ0v) is 20.8. The van der Waals surface area contributed by atoms with Crippen LogP contribution in [0, 0.1) is 0 Å². The van der Waals surface area contributed by atoms with Crippen LogP contribution in [0.2, 0.25) is 0 Å². The van der Waals surface area contributed by atoms with Crippen LogP contribution in [0.4, 0.5) is 10.5 Å². The van der Waals surface area contributed by atoms with E-state index >= 15 is 0 Å². The van der Waals surface area contributed by atoms with Crippen molar-refractivity contribution in [3.63, 3.8) is 0 Å². The number of para-hydroxylation sites is 1. The molecule has 0 saturated carbocycles. The maximum atomic E-state index is 13.5. The predicted molar refractivity (Wildman–Crippen MR) is 142 cm³/mol. The van der Waals surface area contributed by atoms with E-state index in [0.29, 0.717) is 17.0 Å². The van der Waals surface area contributed by atoms with Gasteiger partial charge in [-0.3, -0.25) is 24.7 Å². The summed E-state index contributed by atoms with van der Waals surface area (Å²) in [4.78, 5) is 44.0. The van der Waals surface area contributed by atoms with Crippen LogP contribution < -0.4 is 15.5 Å². The zero-order chi connectivity index (χ0) is 27.2. The number of benzene rings is 3. The molecule has 39 heavy (non-hydrogen) atoms. The number of carbonyl (C=O) groups excluding carboxylic acids is 3. The van der Waals surface area contributed by atoms with Crippen LogP contribution in [0.1, 0.15) is 22.3 Å². The molecule has 5 rings (SSSR count). The average Bonchev–Trinajstić information content (AvgIpc) is 3.40. The van der Waals surface area contributed by atoms with Gasteiger partial charge in [-0.1, -0.05) is 48.5 Å². The Balaban J connectivity index is 1.33. The largest absolute Gasteiger partial charge is 0.488 e. The molecular weight excluding hydrogens is 500 g/mol. The molecule has 2 heterocycles. The van der Waals surface area contributed by atoms with Gasteiger partial charge < -0.3 is 14.8 Å². The van der Waals surface area contributed by atoms with Gasteiger partial charge in [0.15, 0.2) is 0 Å². The number of likely N-dealkylation sites (tertiary alicyclic amines) is 1. The summed E-state index contributed by atoms with van der Waals surface area (Å²) in [6.07, 6.45) is 0.744. The molecule has 10 heteroatoms. The number of nitrogens with one attached hydrogen (secondary N) is 2. The van der Waals surface area contributed by atoms with E-state index in [-0.39, 0.29) is 31.0 Å². The number of ether oxygens (including phenoxy) is 2. The third-order valence-electron chi connectivity index (χ3n) is 6.42. The fraction of sp³-hybridized carbons (Fsp3) is 0.172. The second-order valence-electron chi connectivity index (χ2n) is 9.02. The standard InChI is InChI=1S/C29H26N4O6/c34-27(32-37)21-11-13-22(14-12-21)39-23-16-25(33(17-23)29(36)38-18-19-6-2-1-3-7-19)28(35)31-24-10-4-8-20-9-5-15-30-26(20)24/h1-15,23,25,37H,16-18H2,(H,31,35)(H,32,34)/t23?,25-/m0/s1. The summed E-state index contributed by atoms with van der Waals surface area (Å²) in [7, 11) is 0. The summed E-state index contributed by atoms with van der Waals surface area (Å²) in [5.74, 6) is -0.577. The van der Waals surface area contributed by atoms with E-state index in [2.05, 4.69) is 10.3 Å². The van der Waals surface area contributed by atoms with E-state index in [1.807, 2.05) is 54.6 Å². The minimum absolute atomic E-state index is 0.0671. The van der Waals surface area contributed by atoms with E-state index in [1.165, 1.54) is 17.0 Å². The van der Waals surface area contributed by atoms with Crippen LogP contribution in [0.3, 0.4) is 0 Å². The van der Waals surface area contributed by atoms with Crippen LogP contribution in [-0.2, 0) is 16.1 Å². The highest BCUT2D eigenvalue weighted by atomic mass is 16.6. The zero-order valence-electron chi connectivity index (χ0n) is 20.8. The van der Waals surface area contributed by atoms with Gasteiger partial charge in [0, 0.05) is 23.6 Å². The highest BCUT2D eigenvalue weighted by Gasteiger charge is 2.42. The Kier molecular flexibility index (Phi) is 7.65. The Morgan fingerprint density at radius 3 is 2.49 bits per heavy atom. The van der Waals surface area contributed by atoms with Gasteiger partial charge in [0.1, 0.15) is 24.5 Å². The van der Waals surface area contributed by atoms with Crippen molar-refractivity contribution < 1.29 is 29.1 Å². The summed E-state index contributed by atoms with van der Waals surface area (Å²) in [5, 5.41) is 12.6. The summed E-state index contributed by atoms with van der Waals surface area (Å²) in [5.41, 5.74) is 3.84. The van der Waals surface area contributed by atoms with Gasteiger partial charge in [-0.25, -0.2) is 10.3 Å². The second kappa shape index (κ2) is 11.6. The van der Waals surface area contributed by atoms with Crippen molar-refractivity contribution in [2.45, 2.75) is 25.2 Å². The molecule has 1 fully saturated rings. The molecule has 1 aliphatic heterocycles. The third kappa shape index (κ3) is 5.97. The fourth-order valence-corrected chi connectivity index (χ4v) is 4.50. The summed E-state index contributed by atoms with van der Waals surface area (Å²) in [6, 6.07) is 23.8. The number of hydroxylamine groups is 1. The van der Waals surface area contributed by atoms with Crippen LogP contribution in [0.25, 0.3) is 10.9 Å². The maximum absolute atomic E-state index is 13.5. The lowest BCUT2D eigenvalue weighted by Crippen LogP contribution is -2.43. The molecule has 10 nitrogen and oxygen atoms in total. The molecule has 1 saturated heterocycles. The first-order valence-corrected chi connectivity index (χ1v) is 12.3. The van der Waals surface area contributed by atoms with Crippen molar-refractivity contribution in [3.8, 4) is 5.75 Å². The van der Waals surface area contributed by atoms with Crippen molar-refractivity contribution >= 4 is 34.5 Å². The smallest absolute Gasteiger partial charge is 0.410 e. The van der Waals surface area contributed by atoms with Crippen LogP contribution >= 0.6 is 0 Å². The average molecular weight is 527 g/mol. The lowest BCUT2D eigenvalue weighted by Gasteiger charge is -2.23. The maximum Gasteiger partial charge on any atom is 0.410 e. The Morgan fingerprint density at radius 1 is 0.949 bits per heavy atom. The summed E-state index contributed by atoms with van der Waals surface area (Å²) >= 11 is 0. The number of hydrogen-bond donors (Lipinski definition) is 3. The summed E-state index contributed by atoms with van der Waals surface area (Å²) in [6.45, 7) is 0.191. The lowest BCUT2D eigenvalue weighted by molar-refractivity contribution is -0.120. The topological polar surface area (TPSA) is 130 Å². The van der Waals surface area contributed by atoms with Crippen LogP contribution in [-0.4, -0.2) is 51.7 Å².